The third-order valence-corrected chi connectivity index (χ3v) is 4.28. The van der Waals surface area contributed by atoms with Crippen LogP contribution in [0.2, 0.25) is 0 Å². The quantitative estimate of drug-likeness (QED) is 0.693. The van der Waals surface area contributed by atoms with Crippen LogP contribution in [0.5, 0.6) is 0 Å². The van der Waals surface area contributed by atoms with Crippen LogP contribution in [0.15, 0.2) is 21.9 Å². The Kier molecular flexibility index (Phi) is 5.02. The van der Waals surface area contributed by atoms with Crippen molar-refractivity contribution in [2.75, 3.05) is 19.8 Å². The number of rotatable bonds is 4. The molecule has 138 valence electrons. The largest absolute Gasteiger partial charge is 0.459 e. The van der Waals surface area contributed by atoms with Crippen molar-refractivity contribution < 1.29 is 28.5 Å². The van der Waals surface area contributed by atoms with Crippen molar-refractivity contribution >= 4 is 5.97 Å². The Hall–Kier alpha value is -2.04. The molecule has 0 unspecified atom stereocenters. The molecule has 9 nitrogen and oxygen atoms in total. The van der Waals surface area contributed by atoms with Gasteiger partial charge in [-0.3, -0.25) is 19.1 Å². The Balaban J connectivity index is 1.63. The van der Waals surface area contributed by atoms with Crippen molar-refractivity contribution in [3.63, 3.8) is 0 Å². The van der Waals surface area contributed by atoms with Gasteiger partial charge in [-0.25, -0.2) is 9.18 Å². The minimum atomic E-state index is -2.42. The second-order valence-corrected chi connectivity index (χ2v) is 6.17. The zero-order chi connectivity index (χ0) is 18.0. The molecule has 0 spiro atoms. The van der Waals surface area contributed by atoms with Gasteiger partial charge >= 0.3 is 11.7 Å². The molecular formula is C15H19FN2O7. The highest BCUT2D eigenvalue weighted by Crippen LogP contribution is 2.37. The molecule has 0 aliphatic carbocycles. The minimum Gasteiger partial charge on any atom is -0.459 e. The molecule has 1 aromatic heterocycles. The lowest BCUT2D eigenvalue weighted by Crippen LogP contribution is -2.36. The van der Waals surface area contributed by atoms with Crippen molar-refractivity contribution in [2.24, 2.45) is 5.92 Å². The van der Waals surface area contributed by atoms with E-state index in [0.29, 0.717) is 26.1 Å². The Morgan fingerprint density at radius 3 is 2.84 bits per heavy atom. The standard InChI is InChI=1S/C15H19FN2O7/c16-15(8-24-13(21)9-2-5-23-6-3-9)7-10(19)12(25-15)18-4-1-11(20)17-14(18)22/h1,4,9-10,12,19H,2-3,5-8H2,(H,17,20,22)/t10-,12-,15+/m1/s1. The van der Waals surface area contributed by atoms with Gasteiger partial charge in [-0.1, -0.05) is 0 Å². The first-order chi connectivity index (χ1) is 11.9. The number of hydrogen-bond donors (Lipinski definition) is 2. The Bertz CT molecular complexity index is 742. The summed E-state index contributed by atoms with van der Waals surface area (Å²) in [6, 6.07) is 1.06. The van der Waals surface area contributed by atoms with Gasteiger partial charge in [0.05, 0.1) is 5.92 Å². The zero-order valence-electron chi connectivity index (χ0n) is 13.4. The van der Waals surface area contributed by atoms with E-state index in [-0.39, 0.29) is 5.92 Å². The molecule has 2 aliphatic heterocycles. The number of halogens is 1. The lowest BCUT2D eigenvalue weighted by molar-refractivity contribution is -0.199. The number of aliphatic hydroxyl groups excluding tert-OH is 1. The number of nitrogens with one attached hydrogen (secondary N) is 1. The van der Waals surface area contributed by atoms with Crippen molar-refractivity contribution in [1.29, 1.82) is 0 Å². The number of aromatic amines is 1. The fraction of sp³-hybridized carbons (Fsp3) is 0.667. The van der Waals surface area contributed by atoms with Gasteiger partial charge in [0.2, 0.25) is 5.85 Å². The van der Waals surface area contributed by atoms with Gasteiger partial charge in [0.1, 0.15) is 6.10 Å². The third-order valence-electron chi connectivity index (χ3n) is 4.28. The van der Waals surface area contributed by atoms with Crippen molar-refractivity contribution in [3.8, 4) is 0 Å². The molecular weight excluding hydrogens is 339 g/mol. The lowest BCUT2D eigenvalue weighted by atomic mass is 10.0. The van der Waals surface area contributed by atoms with Crippen LogP contribution in [0, 0.1) is 5.92 Å². The maximum absolute atomic E-state index is 14.8. The number of alkyl halides is 1. The summed E-state index contributed by atoms with van der Waals surface area (Å²) >= 11 is 0. The zero-order valence-corrected chi connectivity index (χ0v) is 13.4. The Morgan fingerprint density at radius 1 is 1.44 bits per heavy atom. The smallest absolute Gasteiger partial charge is 0.330 e. The highest BCUT2D eigenvalue weighted by Gasteiger charge is 2.49. The van der Waals surface area contributed by atoms with E-state index in [1.165, 1.54) is 0 Å². The highest BCUT2D eigenvalue weighted by molar-refractivity contribution is 5.72. The Morgan fingerprint density at radius 2 is 2.16 bits per heavy atom. The second-order valence-electron chi connectivity index (χ2n) is 6.17. The van der Waals surface area contributed by atoms with Crippen LogP contribution < -0.4 is 11.2 Å². The van der Waals surface area contributed by atoms with Crippen molar-refractivity contribution in [2.45, 2.75) is 37.4 Å². The summed E-state index contributed by atoms with van der Waals surface area (Å²) in [4.78, 5) is 36.8. The van der Waals surface area contributed by atoms with Crippen LogP contribution in [-0.2, 0) is 19.0 Å². The summed E-state index contributed by atoms with van der Waals surface area (Å²) in [5.74, 6) is -3.30. The molecule has 0 amide bonds. The van der Waals surface area contributed by atoms with Crippen molar-refractivity contribution in [1.82, 2.24) is 9.55 Å². The number of nitrogens with zero attached hydrogens (tertiary/aromatic N) is 1. The molecule has 0 saturated carbocycles. The van der Waals surface area contributed by atoms with E-state index in [2.05, 4.69) is 0 Å². The SMILES string of the molecule is O=C(OC[C@]1(F)C[C@@H](O)[C@H](n2ccc(=O)[nH]c2=O)O1)C1CCOCC1. The molecule has 25 heavy (non-hydrogen) atoms. The van der Waals surface area contributed by atoms with E-state index in [1.807, 2.05) is 4.98 Å². The van der Waals surface area contributed by atoms with E-state index in [0.717, 1.165) is 16.8 Å². The molecule has 2 N–H and O–H groups in total. The van der Waals surface area contributed by atoms with Crippen LogP contribution in [0.25, 0.3) is 0 Å². The number of carbonyl (C=O) groups is 1. The van der Waals surface area contributed by atoms with Crippen LogP contribution in [0.4, 0.5) is 4.39 Å². The average Bonchev–Trinajstić information content (AvgIpc) is 2.88. The first-order valence-corrected chi connectivity index (χ1v) is 7.99. The molecule has 2 aliphatic rings. The number of carbonyl (C=O) groups excluding carboxylic acids is 1. The summed E-state index contributed by atoms with van der Waals surface area (Å²) < 4.78 is 30.9. The van der Waals surface area contributed by atoms with Gasteiger partial charge in [0, 0.05) is 31.9 Å². The van der Waals surface area contributed by atoms with Crippen LogP contribution in [0.1, 0.15) is 25.5 Å². The number of aromatic nitrogens is 2. The van der Waals surface area contributed by atoms with Gasteiger partial charge in [0.25, 0.3) is 5.56 Å². The molecule has 0 radical (unpaired) electrons. The fourth-order valence-electron chi connectivity index (χ4n) is 2.95. The summed E-state index contributed by atoms with van der Waals surface area (Å²) in [5, 5.41) is 10.0. The minimum absolute atomic E-state index is 0.346. The number of aliphatic hydroxyl groups is 1. The maximum atomic E-state index is 14.8. The summed E-state index contributed by atoms with van der Waals surface area (Å²) in [7, 11) is 0. The monoisotopic (exact) mass is 358 g/mol. The summed E-state index contributed by atoms with van der Waals surface area (Å²) in [5.41, 5.74) is -1.45. The molecule has 10 heteroatoms. The molecule has 2 saturated heterocycles. The van der Waals surface area contributed by atoms with Crippen molar-refractivity contribution in [3.05, 3.63) is 33.1 Å². The molecule has 3 rings (SSSR count). The van der Waals surface area contributed by atoms with E-state index in [9.17, 15) is 23.9 Å². The molecule has 2 fully saturated rings. The Labute approximate surface area is 141 Å². The predicted octanol–water partition coefficient (Wildman–Crippen LogP) is -0.548. The number of hydrogen-bond acceptors (Lipinski definition) is 7. The third kappa shape index (κ3) is 3.97. The van der Waals surface area contributed by atoms with Crippen LogP contribution >= 0.6 is 0 Å². The molecule has 0 bridgehead atoms. The average molecular weight is 358 g/mol. The lowest BCUT2D eigenvalue weighted by Gasteiger charge is -2.24. The van der Waals surface area contributed by atoms with E-state index < -0.39 is 48.4 Å². The molecule has 3 atom stereocenters. The van der Waals surface area contributed by atoms with Crippen LogP contribution in [-0.4, -0.2) is 52.4 Å². The summed E-state index contributed by atoms with van der Waals surface area (Å²) in [6.07, 6.45) is -1.00. The second kappa shape index (κ2) is 7.06. The number of H-pyrrole nitrogens is 1. The van der Waals surface area contributed by atoms with Gasteiger partial charge in [0.15, 0.2) is 12.8 Å². The molecule has 0 aromatic carbocycles. The van der Waals surface area contributed by atoms with Gasteiger partial charge < -0.3 is 19.3 Å². The first kappa shape index (κ1) is 17.8. The maximum Gasteiger partial charge on any atom is 0.330 e. The predicted molar refractivity (Wildman–Crippen MR) is 80.4 cm³/mol. The first-order valence-electron chi connectivity index (χ1n) is 7.99. The van der Waals surface area contributed by atoms with Gasteiger partial charge in [-0.05, 0) is 12.8 Å². The molecule has 1 aromatic rings. The van der Waals surface area contributed by atoms with E-state index in [4.69, 9.17) is 14.2 Å². The van der Waals surface area contributed by atoms with Crippen LogP contribution in [0.3, 0.4) is 0 Å². The normalized spacial score (nSPS) is 30.3. The van der Waals surface area contributed by atoms with E-state index in [1.54, 1.807) is 0 Å². The van der Waals surface area contributed by atoms with Gasteiger partial charge in [-0.15, -0.1) is 0 Å². The fourth-order valence-corrected chi connectivity index (χ4v) is 2.95. The number of ether oxygens (including phenoxy) is 3. The molecule has 3 heterocycles. The number of esters is 1. The van der Waals surface area contributed by atoms with E-state index >= 15 is 0 Å². The highest BCUT2D eigenvalue weighted by atomic mass is 19.2. The topological polar surface area (TPSA) is 120 Å². The van der Waals surface area contributed by atoms with Gasteiger partial charge in [-0.2, -0.15) is 0 Å². The summed E-state index contributed by atoms with van der Waals surface area (Å²) in [6.45, 7) is 0.217.